The first-order valence-electron chi connectivity index (χ1n) is 5.28. The van der Waals surface area contributed by atoms with Gasteiger partial charge in [-0.25, -0.2) is 0 Å². The molecular formula is C12H12N2O3. The van der Waals surface area contributed by atoms with E-state index in [1.165, 1.54) is 0 Å². The molecule has 1 aromatic carbocycles. The van der Waals surface area contributed by atoms with E-state index in [4.69, 9.17) is 14.7 Å². The van der Waals surface area contributed by atoms with Crippen LogP contribution in [0.3, 0.4) is 0 Å². The smallest absolute Gasteiger partial charge is 0.258 e. The molecule has 1 saturated heterocycles. The standard InChI is InChI=1S/C12H12N2O3/c13-5-9-3-1-2-4-11(9)17-8-12(15)14-10-6-16-7-10/h1-4,10H,6-8H2,(H,14,15). The Balaban J connectivity index is 1.84. The molecule has 5 nitrogen and oxygen atoms in total. The molecule has 1 aliphatic rings. The van der Waals surface area contributed by atoms with Gasteiger partial charge in [0.1, 0.15) is 11.8 Å². The lowest BCUT2D eigenvalue weighted by Crippen LogP contribution is -2.49. The largest absolute Gasteiger partial charge is 0.482 e. The number of carbonyl (C=O) groups is 1. The average molecular weight is 232 g/mol. The van der Waals surface area contributed by atoms with Gasteiger partial charge in [0.15, 0.2) is 6.61 Å². The van der Waals surface area contributed by atoms with Crippen molar-refractivity contribution in [1.29, 1.82) is 5.26 Å². The van der Waals surface area contributed by atoms with E-state index in [0.29, 0.717) is 24.5 Å². The first-order chi connectivity index (χ1) is 8.29. The molecule has 1 aromatic rings. The normalized spacial score (nSPS) is 14.5. The van der Waals surface area contributed by atoms with Gasteiger partial charge in [-0.1, -0.05) is 12.1 Å². The van der Waals surface area contributed by atoms with E-state index < -0.39 is 0 Å². The van der Waals surface area contributed by atoms with E-state index in [1.54, 1.807) is 24.3 Å². The highest BCUT2D eigenvalue weighted by atomic mass is 16.5. The number of nitrogens with one attached hydrogen (secondary N) is 1. The minimum absolute atomic E-state index is 0.0881. The molecule has 0 radical (unpaired) electrons. The summed E-state index contributed by atoms with van der Waals surface area (Å²) in [5, 5.41) is 11.6. The second-order valence-corrected chi connectivity index (χ2v) is 3.70. The minimum atomic E-state index is -0.203. The summed E-state index contributed by atoms with van der Waals surface area (Å²) in [6.45, 7) is 1.02. The molecule has 2 rings (SSSR count). The van der Waals surface area contributed by atoms with Gasteiger partial charge in [-0.15, -0.1) is 0 Å². The average Bonchev–Trinajstić information content (AvgIpc) is 2.31. The second-order valence-electron chi connectivity index (χ2n) is 3.70. The van der Waals surface area contributed by atoms with Gasteiger partial charge in [-0.2, -0.15) is 5.26 Å². The quantitative estimate of drug-likeness (QED) is 0.818. The van der Waals surface area contributed by atoms with Crippen LogP contribution in [-0.2, 0) is 9.53 Å². The van der Waals surface area contributed by atoms with E-state index in [0.717, 1.165) is 0 Å². The number of rotatable bonds is 4. The number of hydrogen-bond acceptors (Lipinski definition) is 4. The van der Waals surface area contributed by atoms with Crippen LogP contribution in [0.15, 0.2) is 24.3 Å². The maximum Gasteiger partial charge on any atom is 0.258 e. The van der Waals surface area contributed by atoms with Gasteiger partial charge in [0, 0.05) is 0 Å². The van der Waals surface area contributed by atoms with Gasteiger partial charge in [0.2, 0.25) is 0 Å². The molecule has 1 aliphatic heterocycles. The molecule has 1 heterocycles. The van der Waals surface area contributed by atoms with Crippen LogP contribution >= 0.6 is 0 Å². The van der Waals surface area contributed by atoms with Crippen molar-refractivity contribution in [2.24, 2.45) is 0 Å². The van der Waals surface area contributed by atoms with Crippen LogP contribution in [0.25, 0.3) is 0 Å². The number of carbonyl (C=O) groups excluding carboxylic acids is 1. The fraction of sp³-hybridized carbons (Fsp3) is 0.333. The Morgan fingerprint density at radius 3 is 2.94 bits per heavy atom. The Kier molecular flexibility index (Phi) is 3.58. The molecule has 0 aromatic heterocycles. The van der Waals surface area contributed by atoms with Crippen LogP contribution < -0.4 is 10.1 Å². The molecular weight excluding hydrogens is 220 g/mol. The van der Waals surface area contributed by atoms with Gasteiger partial charge in [-0.05, 0) is 12.1 Å². The molecule has 0 atom stereocenters. The predicted octanol–water partition coefficient (Wildman–Crippen LogP) is 0.452. The summed E-state index contributed by atoms with van der Waals surface area (Å²) >= 11 is 0. The summed E-state index contributed by atoms with van der Waals surface area (Å²) < 4.78 is 10.2. The lowest BCUT2D eigenvalue weighted by atomic mass is 10.2. The van der Waals surface area contributed by atoms with Crippen LogP contribution in [0, 0.1) is 11.3 Å². The lowest BCUT2D eigenvalue weighted by Gasteiger charge is -2.26. The number of hydrogen-bond donors (Lipinski definition) is 1. The zero-order valence-corrected chi connectivity index (χ0v) is 9.18. The van der Waals surface area contributed by atoms with E-state index >= 15 is 0 Å². The maximum absolute atomic E-state index is 11.4. The maximum atomic E-state index is 11.4. The monoisotopic (exact) mass is 232 g/mol. The molecule has 1 fully saturated rings. The molecule has 5 heteroatoms. The number of benzene rings is 1. The fourth-order valence-corrected chi connectivity index (χ4v) is 1.42. The van der Waals surface area contributed by atoms with Crippen LogP contribution in [0.5, 0.6) is 5.75 Å². The van der Waals surface area contributed by atoms with E-state index in [-0.39, 0.29) is 18.6 Å². The summed E-state index contributed by atoms with van der Waals surface area (Å²) in [4.78, 5) is 11.4. The highest BCUT2D eigenvalue weighted by Gasteiger charge is 2.20. The van der Waals surface area contributed by atoms with Crippen molar-refractivity contribution in [1.82, 2.24) is 5.32 Å². The highest BCUT2D eigenvalue weighted by molar-refractivity contribution is 5.78. The number of amides is 1. The van der Waals surface area contributed by atoms with Gasteiger partial charge < -0.3 is 14.8 Å². The predicted molar refractivity (Wildman–Crippen MR) is 59.4 cm³/mol. The zero-order chi connectivity index (χ0) is 12.1. The van der Waals surface area contributed by atoms with Crippen LogP contribution in [-0.4, -0.2) is 31.8 Å². The molecule has 1 amide bonds. The molecule has 0 spiro atoms. The van der Waals surface area contributed by atoms with Crippen molar-refractivity contribution in [2.75, 3.05) is 19.8 Å². The van der Waals surface area contributed by atoms with Gasteiger partial charge in [0.05, 0.1) is 24.8 Å². The Bertz CT molecular complexity index is 449. The van der Waals surface area contributed by atoms with Gasteiger partial charge in [-0.3, -0.25) is 4.79 Å². The van der Waals surface area contributed by atoms with Gasteiger partial charge >= 0.3 is 0 Å². The van der Waals surface area contributed by atoms with Crippen molar-refractivity contribution in [2.45, 2.75) is 6.04 Å². The third-order valence-corrected chi connectivity index (χ3v) is 2.37. The first-order valence-corrected chi connectivity index (χ1v) is 5.28. The third-order valence-electron chi connectivity index (χ3n) is 2.37. The Morgan fingerprint density at radius 1 is 1.53 bits per heavy atom. The van der Waals surface area contributed by atoms with E-state index in [1.807, 2.05) is 6.07 Å². The van der Waals surface area contributed by atoms with Crippen molar-refractivity contribution in [3.05, 3.63) is 29.8 Å². The van der Waals surface area contributed by atoms with Crippen LogP contribution in [0.1, 0.15) is 5.56 Å². The summed E-state index contributed by atoms with van der Waals surface area (Å²) in [5.41, 5.74) is 0.423. The van der Waals surface area contributed by atoms with E-state index in [2.05, 4.69) is 5.32 Å². The highest BCUT2D eigenvalue weighted by Crippen LogP contribution is 2.16. The molecule has 1 N–H and O–H groups in total. The Labute approximate surface area is 98.9 Å². The Hall–Kier alpha value is -2.06. The van der Waals surface area contributed by atoms with Crippen molar-refractivity contribution < 1.29 is 14.3 Å². The number of ether oxygens (including phenoxy) is 2. The van der Waals surface area contributed by atoms with Gasteiger partial charge in [0.25, 0.3) is 5.91 Å². The molecule has 0 saturated carbocycles. The lowest BCUT2D eigenvalue weighted by molar-refractivity contribution is -0.127. The number of nitriles is 1. The molecule has 0 unspecified atom stereocenters. The van der Waals surface area contributed by atoms with Crippen molar-refractivity contribution in [3.63, 3.8) is 0 Å². The van der Waals surface area contributed by atoms with E-state index in [9.17, 15) is 4.79 Å². The second kappa shape index (κ2) is 5.32. The topological polar surface area (TPSA) is 71.3 Å². The zero-order valence-electron chi connectivity index (χ0n) is 9.18. The molecule has 88 valence electrons. The van der Waals surface area contributed by atoms with Crippen LogP contribution in [0.4, 0.5) is 0 Å². The minimum Gasteiger partial charge on any atom is -0.482 e. The van der Waals surface area contributed by atoms with Crippen LogP contribution in [0.2, 0.25) is 0 Å². The van der Waals surface area contributed by atoms with Crippen molar-refractivity contribution >= 4 is 5.91 Å². The first kappa shape index (κ1) is 11.4. The molecule has 17 heavy (non-hydrogen) atoms. The van der Waals surface area contributed by atoms with Crippen molar-refractivity contribution in [3.8, 4) is 11.8 Å². The molecule has 0 aliphatic carbocycles. The Morgan fingerprint density at radius 2 is 2.29 bits per heavy atom. The third kappa shape index (κ3) is 2.95. The molecule has 0 bridgehead atoms. The summed E-state index contributed by atoms with van der Waals surface area (Å²) in [6.07, 6.45) is 0. The fourth-order valence-electron chi connectivity index (χ4n) is 1.42. The summed E-state index contributed by atoms with van der Waals surface area (Å²) in [7, 11) is 0. The summed E-state index contributed by atoms with van der Waals surface area (Å²) in [5.74, 6) is 0.223. The number of nitrogens with zero attached hydrogens (tertiary/aromatic N) is 1. The SMILES string of the molecule is N#Cc1ccccc1OCC(=O)NC1COC1. The number of para-hydroxylation sites is 1. The summed E-state index contributed by atoms with van der Waals surface area (Å²) in [6, 6.07) is 8.92.